The summed E-state index contributed by atoms with van der Waals surface area (Å²) in [6.45, 7) is 6.69. The second-order valence-corrected chi connectivity index (χ2v) is 5.45. The first-order valence-corrected chi connectivity index (χ1v) is 7.24. The number of hydrogen-bond acceptors (Lipinski definition) is 5. The molecule has 2 atom stereocenters. The number of anilines is 1. The molecule has 0 spiro atoms. The molecular formula is C16H20N4O2. The van der Waals surface area contributed by atoms with E-state index in [1.54, 1.807) is 11.0 Å². The lowest BCUT2D eigenvalue weighted by Crippen LogP contribution is -2.48. The molecule has 1 aromatic rings. The van der Waals surface area contributed by atoms with Gasteiger partial charge in [-0.1, -0.05) is 6.07 Å². The Hall–Kier alpha value is -2.39. The standard InChI is InChI=1S/C16H20N4O2/c1-11-5-4-6-15(19-11)18-8-14(7-17)16(21)20-9-12(2)22-13(3)10-20/h4-6,8,12-13H,9-10H2,1-3H3,(H,18,19)/b14-8-. The number of morpholine rings is 1. The maximum atomic E-state index is 12.4. The van der Waals surface area contributed by atoms with Crippen molar-refractivity contribution in [3.63, 3.8) is 0 Å². The zero-order valence-electron chi connectivity index (χ0n) is 13.0. The number of amides is 1. The zero-order chi connectivity index (χ0) is 16.1. The fraction of sp³-hybridized carbons (Fsp3) is 0.438. The highest BCUT2D eigenvalue weighted by Crippen LogP contribution is 2.14. The molecule has 116 valence electrons. The van der Waals surface area contributed by atoms with Crippen LogP contribution in [0.2, 0.25) is 0 Å². The van der Waals surface area contributed by atoms with Crippen LogP contribution in [-0.2, 0) is 9.53 Å². The Morgan fingerprint density at radius 2 is 2.14 bits per heavy atom. The molecular weight excluding hydrogens is 280 g/mol. The summed E-state index contributed by atoms with van der Waals surface area (Å²) >= 11 is 0. The average Bonchev–Trinajstić information content (AvgIpc) is 2.46. The van der Waals surface area contributed by atoms with Crippen LogP contribution in [0.5, 0.6) is 0 Å². The van der Waals surface area contributed by atoms with E-state index >= 15 is 0 Å². The predicted octanol–water partition coefficient (Wildman–Crippen LogP) is 1.85. The van der Waals surface area contributed by atoms with Crippen LogP contribution in [0, 0.1) is 18.3 Å². The van der Waals surface area contributed by atoms with Crippen molar-refractivity contribution in [3.05, 3.63) is 35.7 Å². The Balaban J connectivity index is 2.08. The van der Waals surface area contributed by atoms with Gasteiger partial charge < -0.3 is 15.0 Å². The smallest absolute Gasteiger partial charge is 0.266 e. The number of nitrogens with one attached hydrogen (secondary N) is 1. The van der Waals surface area contributed by atoms with Crippen LogP contribution in [0.3, 0.4) is 0 Å². The van der Waals surface area contributed by atoms with Gasteiger partial charge in [-0.05, 0) is 32.9 Å². The summed E-state index contributed by atoms with van der Waals surface area (Å²) in [5.74, 6) is 0.314. The number of nitriles is 1. The Bertz CT molecular complexity index is 611. The first-order valence-electron chi connectivity index (χ1n) is 7.24. The van der Waals surface area contributed by atoms with E-state index < -0.39 is 0 Å². The molecule has 22 heavy (non-hydrogen) atoms. The van der Waals surface area contributed by atoms with Gasteiger partial charge in [-0.25, -0.2) is 4.98 Å². The maximum Gasteiger partial charge on any atom is 0.266 e. The van der Waals surface area contributed by atoms with Crippen LogP contribution < -0.4 is 5.32 Å². The van der Waals surface area contributed by atoms with Gasteiger partial charge in [0.1, 0.15) is 17.5 Å². The summed E-state index contributed by atoms with van der Waals surface area (Å²) < 4.78 is 5.60. The Morgan fingerprint density at radius 3 is 2.73 bits per heavy atom. The zero-order valence-corrected chi connectivity index (χ0v) is 13.0. The number of pyridine rings is 1. The van der Waals surface area contributed by atoms with Gasteiger partial charge >= 0.3 is 0 Å². The van der Waals surface area contributed by atoms with Gasteiger partial charge in [0.25, 0.3) is 5.91 Å². The quantitative estimate of drug-likeness (QED) is 0.681. The van der Waals surface area contributed by atoms with Crippen LogP contribution >= 0.6 is 0 Å². The highest BCUT2D eigenvalue weighted by atomic mass is 16.5. The van der Waals surface area contributed by atoms with E-state index in [1.807, 2.05) is 39.0 Å². The molecule has 1 saturated heterocycles. The summed E-state index contributed by atoms with van der Waals surface area (Å²) in [4.78, 5) is 18.3. The van der Waals surface area contributed by atoms with E-state index in [4.69, 9.17) is 4.74 Å². The minimum atomic E-state index is -0.287. The second kappa shape index (κ2) is 7.05. The number of aryl methyl sites for hydroxylation is 1. The van der Waals surface area contributed by atoms with Crippen molar-refractivity contribution in [2.45, 2.75) is 33.0 Å². The first kappa shape index (κ1) is 16.0. The first-order chi connectivity index (χ1) is 10.5. The molecule has 1 fully saturated rings. The fourth-order valence-electron chi connectivity index (χ4n) is 2.43. The van der Waals surface area contributed by atoms with E-state index in [9.17, 15) is 10.1 Å². The normalized spacial score (nSPS) is 22.1. The maximum absolute atomic E-state index is 12.4. The van der Waals surface area contributed by atoms with Gasteiger partial charge in [-0.2, -0.15) is 5.26 Å². The topological polar surface area (TPSA) is 78.2 Å². The van der Waals surface area contributed by atoms with E-state index in [2.05, 4.69) is 10.3 Å². The molecule has 0 aliphatic carbocycles. The molecule has 6 heteroatoms. The number of hydrogen-bond donors (Lipinski definition) is 1. The molecule has 2 unspecified atom stereocenters. The largest absolute Gasteiger partial charge is 0.372 e. The summed E-state index contributed by atoms with van der Waals surface area (Å²) in [7, 11) is 0. The van der Waals surface area contributed by atoms with Gasteiger partial charge in [0.15, 0.2) is 0 Å². The summed E-state index contributed by atoms with van der Waals surface area (Å²) in [6.07, 6.45) is 1.35. The molecule has 0 saturated carbocycles. The van der Waals surface area contributed by atoms with Gasteiger partial charge in [0.2, 0.25) is 0 Å². The van der Waals surface area contributed by atoms with Crippen molar-refractivity contribution in [1.82, 2.24) is 9.88 Å². The van der Waals surface area contributed by atoms with Crippen molar-refractivity contribution in [3.8, 4) is 6.07 Å². The highest BCUT2D eigenvalue weighted by Gasteiger charge is 2.27. The summed E-state index contributed by atoms with van der Waals surface area (Å²) in [5.41, 5.74) is 0.920. The minimum absolute atomic E-state index is 0.0287. The predicted molar refractivity (Wildman–Crippen MR) is 82.9 cm³/mol. The molecule has 1 aromatic heterocycles. The lowest BCUT2D eigenvalue weighted by Gasteiger charge is -2.35. The van der Waals surface area contributed by atoms with E-state index in [0.717, 1.165) is 5.69 Å². The molecule has 2 heterocycles. The van der Waals surface area contributed by atoms with Crippen molar-refractivity contribution in [2.75, 3.05) is 18.4 Å². The van der Waals surface area contributed by atoms with Crippen LogP contribution in [0.1, 0.15) is 19.5 Å². The molecule has 0 radical (unpaired) electrons. The third kappa shape index (κ3) is 4.06. The molecule has 1 aliphatic heterocycles. The SMILES string of the molecule is Cc1cccc(N/C=C(/C#N)C(=O)N2CC(C)OC(C)C2)n1. The van der Waals surface area contributed by atoms with Gasteiger partial charge in [0.05, 0.1) is 12.2 Å². The summed E-state index contributed by atoms with van der Waals surface area (Å²) in [5, 5.41) is 12.1. The van der Waals surface area contributed by atoms with Crippen LogP contribution in [0.25, 0.3) is 0 Å². The molecule has 1 amide bonds. The van der Waals surface area contributed by atoms with Crippen LogP contribution in [-0.4, -0.2) is 41.1 Å². The minimum Gasteiger partial charge on any atom is -0.372 e. The molecule has 0 aromatic carbocycles. The lowest BCUT2D eigenvalue weighted by atomic mass is 10.2. The van der Waals surface area contributed by atoms with Gasteiger partial charge in [0, 0.05) is 25.0 Å². The number of nitrogens with zero attached hydrogens (tertiary/aromatic N) is 3. The molecule has 0 bridgehead atoms. The monoisotopic (exact) mass is 300 g/mol. The van der Waals surface area contributed by atoms with E-state index in [1.165, 1.54) is 6.20 Å². The Morgan fingerprint density at radius 1 is 1.45 bits per heavy atom. The van der Waals surface area contributed by atoms with Gasteiger partial charge in [-0.15, -0.1) is 0 Å². The number of carbonyl (C=O) groups excluding carboxylic acids is 1. The number of aromatic nitrogens is 1. The fourth-order valence-corrected chi connectivity index (χ4v) is 2.43. The molecule has 1 aliphatic rings. The Labute approximate surface area is 130 Å². The number of carbonyl (C=O) groups is 1. The summed E-state index contributed by atoms with van der Waals surface area (Å²) in [6, 6.07) is 7.47. The molecule has 1 N–H and O–H groups in total. The average molecular weight is 300 g/mol. The van der Waals surface area contributed by atoms with Crippen molar-refractivity contribution < 1.29 is 9.53 Å². The Kier molecular flexibility index (Phi) is 5.12. The van der Waals surface area contributed by atoms with E-state index in [-0.39, 0.29) is 23.7 Å². The van der Waals surface area contributed by atoms with Crippen molar-refractivity contribution >= 4 is 11.7 Å². The molecule has 6 nitrogen and oxygen atoms in total. The van der Waals surface area contributed by atoms with Crippen molar-refractivity contribution in [2.24, 2.45) is 0 Å². The number of ether oxygens (including phenoxy) is 1. The third-order valence-electron chi connectivity index (χ3n) is 3.31. The third-order valence-corrected chi connectivity index (χ3v) is 3.31. The lowest BCUT2D eigenvalue weighted by molar-refractivity contribution is -0.138. The van der Waals surface area contributed by atoms with Gasteiger partial charge in [-0.3, -0.25) is 4.79 Å². The second-order valence-electron chi connectivity index (χ2n) is 5.45. The van der Waals surface area contributed by atoms with Crippen LogP contribution in [0.15, 0.2) is 30.0 Å². The highest BCUT2D eigenvalue weighted by molar-refractivity contribution is 5.97. The van der Waals surface area contributed by atoms with E-state index in [0.29, 0.717) is 18.9 Å². The molecule has 2 rings (SSSR count). The number of rotatable bonds is 3. The van der Waals surface area contributed by atoms with Crippen LogP contribution in [0.4, 0.5) is 5.82 Å². The van der Waals surface area contributed by atoms with Crippen molar-refractivity contribution in [1.29, 1.82) is 5.26 Å².